The van der Waals surface area contributed by atoms with Crippen molar-refractivity contribution in [1.82, 2.24) is 0 Å². The molecule has 2 amide bonds. The summed E-state index contributed by atoms with van der Waals surface area (Å²) in [5.41, 5.74) is 2.73. The first-order valence-electron chi connectivity index (χ1n) is 9.99. The summed E-state index contributed by atoms with van der Waals surface area (Å²) in [6.45, 7) is 3.54. The number of amides is 2. The van der Waals surface area contributed by atoms with E-state index in [-0.39, 0.29) is 23.8 Å². The Morgan fingerprint density at radius 1 is 1.19 bits per heavy atom. The van der Waals surface area contributed by atoms with Gasteiger partial charge in [0, 0.05) is 36.8 Å². The maximum atomic E-state index is 13.5. The Kier molecular flexibility index (Phi) is 5.31. The van der Waals surface area contributed by atoms with Crippen molar-refractivity contribution in [2.24, 2.45) is 0 Å². The molecule has 1 N–H and O–H groups in total. The summed E-state index contributed by atoms with van der Waals surface area (Å²) in [5.74, 6) is -3.02. The smallest absolute Gasteiger partial charge is 0.314 e. The van der Waals surface area contributed by atoms with E-state index in [9.17, 15) is 23.6 Å². The number of carbonyl (C=O) groups is 4. The number of rotatable bonds is 4. The zero-order chi connectivity index (χ0) is 22.3. The standard InChI is InChI=1S/C23H21FN2O5/c1-12(22(29)15-3-6-20-14(9-15)7-8-26(20)13(2)27)31-23(30)18-11-21(28)25-19-10-16(24)4-5-17(18)19/h3-6,9-10,12,18H,7-8,11H2,1-2H3,(H,25,28)/t12-,18-/m1/s1. The van der Waals surface area contributed by atoms with Gasteiger partial charge in [0.25, 0.3) is 0 Å². The number of hydrogen-bond donors (Lipinski definition) is 1. The van der Waals surface area contributed by atoms with Crippen molar-refractivity contribution in [3.63, 3.8) is 0 Å². The molecule has 0 bridgehead atoms. The molecular formula is C23H21FN2O5. The molecule has 0 unspecified atom stereocenters. The minimum atomic E-state index is -1.07. The maximum Gasteiger partial charge on any atom is 0.314 e. The van der Waals surface area contributed by atoms with Gasteiger partial charge < -0.3 is 15.0 Å². The quantitative estimate of drug-likeness (QED) is 0.602. The van der Waals surface area contributed by atoms with E-state index in [2.05, 4.69) is 5.32 Å². The van der Waals surface area contributed by atoms with Crippen molar-refractivity contribution >= 4 is 34.9 Å². The average Bonchev–Trinajstić information content (AvgIpc) is 3.15. The van der Waals surface area contributed by atoms with Gasteiger partial charge >= 0.3 is 5.97 Å². The first-order valence-corrected chi connectivity index (χ1v) is 9.99. The van der Waals surface area contributed by atoms with Gasteiger partial charge in [0.05, 0.1) is 5.92 Å². The molecule has 0 aromatic heterocycles. The minimum Gasteiger partial charge on any atom is -0.454 e. The molecule has 0 fully saturated rings. The second kappa shape index (κ2) is 7.94. The highest BCUT2D eigenvalue weighted by atomic mass is 19.1. The van der Waals surface area contributed by atoms with Crippen molar-refractivity contribution < 1.29 is 28.3 Å². The largest absolute Gasteiger partial charge is 0.454 e. The molecule has 8 heteroatoms. The van der Waals surface area contributed by atoms with Crippen LogP contribution in [0.5, 0.6) is 0 Å². The summed E-state index contributed by atoms with van der Waals surface area (Å²) in [7, 11) is 0. The van der Waals surface area contributed by atoms with Crippen LogP contribution in [0.1, 0.15) is 47.7 Å². The molecule has 2 aromatic carbocycles. The molecule has 31 heavy (non-hydrogen) atoms. The number of carbonyl (C=O) groups excluding carboxylic acids is 4. The Morgan fingerprint density at radius 3 is 2.71 bits per heavy atom. The monoisotopic (exact) mass is 424 g/mol. The molecule has 2 atom stereocenters. The molecule has 2 aromatic rings. The van der Waals surface area contributed by atoms with Crippen LogP contribution >= 0.6 is 0 Å². The summed E-state index contributed by atoms with van der Waals surface area (Å²) in [5, 5.41) is 2.54. The zero-order valence-electron chi connectivity index (χ0n) is 17.1. The predicted octanol–water partition coefficient (Wildman–Crippen LogP) is 2.98. The lowest BCUT2D eigenvalue weighted by molar-refractivity contribution is -0.149. The van der Waals surface area contributed by atoms with E-state index in [1.807, 2.05) is 0 Å². The number of benzene rings is 2. The van der Waals surface area contributed by atoms with Crippen LogP contribution < -0.4 is 10.2 Å². The normalized spacial score (nSPS) is 18.0. The molecule has 0 saturated heterocycles. The second-order valence-corrected chi connectivity index (χ2v) is 7.74. The number of nitrogens with one attached hydrogen (secondary N) is 1. The fourth-order valence-corrected chi connectivity index (χ4v) is 4.07. The Hall–Kier alpha value is -3.55. The molecule has 7 nitrogen and oxygen atoms in total. The van der Waals surface area contributed by atoms with Gasteiger partial charge in [-0.25, -0.2) is 4.39 Å². The summed E-state index contributed by atoms with van der Waals surface area (Å²) >= 11 is 0. The minimum absolute atomic E-state index is 0.0585. The van der Waals surface area contributed by atoms with Gasteiger partial charge in [0.2, 0.25) is 17.6 Å². The molecule has 2 heterocycles. The van der Waals surface area contributed by atoms with E-state index in [1.54, 1.807) is 23.1 Å². The average molecular weight is 424 g/mol. The lowest BCUT2D eigenvalue weighted by Gasteiger charge is -2.25. The highest BCUT2D eigenvalue weighted by molar-refractivity contribution is 6.03. The third-order valence-electron chi connectivity index (χ3n) is 5.64. The summed E-state index contributed by atoms with van der Waals surface area (Å²) in [6.07, 6.45) is -0.558. The molecule has 0 aliphatic carbocycles. The number of halogens is 1. The molecule has 0 radical (unpaired) electrons. The highest BCUT2D eigenvalue weighted by Gasteiger charge is 2.34. The second-order valence-electron chi connectivity index (χ2n) is 7.74. The molecular weight excluding hydrogens is 403 g/mol. The van der Waals surface area contributed by atoms with E-state index >= 15 is 0 Å². The number of anilines is 2. The first kappa shape index (κ1) is 20.7. The van der Waals surface area contributed by atoms with Crippen molar-refractivity contribution in [2.75, 3.05) is 16.8 Å². The maximum absolute atomic E-state index is 13.5. The van der Waals surface area contributed by atoms with Crippen molar-refractivity contribution in [3.05, 3.63) is 58.9 Å². The molecule has 0 spiro atoms. The van der Waals surface area contributed by atoms with Gasteiger partial charge in [0.15, 0.2) is 6.10 Å². The van der Waals surface area contributed by atoms with Crippen LogP contribution in [0.15, 0.2) is 36.4 Å². The van der Waals surface area contributed by atoms with Crippen LogP contribution in [0, 0.1) is 5.82 Å². The molecule has 160 valence electrons. The lowest BCUT2D eigenvalue weighted by Crippen LogP contribution is -2.32. The number of hydrogen-bond acceptors (Lipinski definition) is 5. The molecule has 2 aliphatic rings. The Morgan fingerprint density at radius 2 is 1.97 bits per heavy atom. The summed E-state index contributed by atoms with van der Waals surface area (Å²) in [4.78, 5) is 50.9. The topological polar surface area (TPSA) is 92.8 Å². The number of esters is 1. The van der Waals surface area contributed by atoms with E-state index in [0.29, 0.717) is 24.1 Å². The first-order chi connectivity index (χ1) is 14.7. The number of fused-ring (bicyclic) bond motifs is 2. The SMILES string of the molecule is CC(=O)N1CCc2cc(C(=O)[C@@H](C)OC(=O)[C@@H]3CC(=O)Nc4cc(F)ccc43)ccc21. The van der Waals surface area contributed by atoms with Crippen LogP contribution in [0.25, 0.3) is 0 Å². The third-order valence-corrected chi connectivity index (χ3v) is 5.64. The Bertz CT molecular complexity index is 1110. The van der Waals surface area contributed by atoms with Gasteiger partial charge in [-0.15, -0.1) is 0 Å². The van der Waals surface area contributed by atoms with Crippen molar-refractivity contribution in [3.8, 4) is 0 Å². The van der Waals surface area contributed by atoms with E-state index < -0.39 is 29.7 Å². The number of ether oxygens (including phenoxy) is 1. The number of Topliss-reactive ketones (excluding diaryl/α,β-unsaturated/α-hetero) is 1. The van der Waals surface area contributed by atoms with Gasteiger partial charge in [-0.05, 0) is 54.8 Å². The number of ketones is 1. The molecule has 4 rings (SSSR count). The Balaban J connectivity index is 1.49. The Labute approximate surface area is 178 Å². The zero-order valence-corrected chi connectivity index (χ0v) is 17.1. The van der Waals surface area contributed by atoms with Gasteiger partial charge in [-0.2, -0.15) is 0 Å². The van der Waals surface area contributed by atoms with Crippen molar-refractivity contribution in [2.45, 2.75) is 38.7 Å². The lowest BCUT2D eigenvalue weighted by atomic mass is 9.90. The highest BCUT2D eigenvalue weighted by Crippen LogP contribution is 2.34. The van der Waals surface area contributed by atoms with Gasteiger partial charge in [-0.1, -0.05) is 6.07 Å². The van der Waals surface area contributed by atoms with E-state index in [0.717, 1.165) is 17.3 Å². The van der Waals surface area contributed by atoms with Crippen LogP contribution in [0.2, 0.25) is 0 Å². The van der Waals surface area contributed by atoms with Crippen LogP contribution in [-0.2, 0) is 25.5 Å². The molecule has 0 saturated carbocycles. The van der Waals surface area contributed by atoms with Crippen LogP contribution in [-0.4, -0.2) is 36.2 Å². The molecule has 2 aliphatic heterocycles. The predicted molar refractivity (Wildman–Crippen MR) is 110 cm³/mol. The van der Waals surface area contributed by atoms with Crippen LogP contribution in [0.3, 0.4) is 0 Å². The van der Waals surface area contributed by atoms with E-state index in [1.165, 1.54) is 26.0 Å². The summed E-state index contributed by atoms with van der Waals surface area (Å²) < 4.78 is 18.9. The van der Waals surface area contributed by atoms with E-state index in [4.69, 9.17) is 4.74 Å². The van der Waals surface area contributed by atoms with Crippen molar-refractivity contribution in [1.29, 1.82) is 0 Å². The third kappa shape index (κ3) is 3.93. The van der Waals surface area contributed by atoms with Gasteiger partial charge in [-0.3, -0.25) is 19.2 Å². The van der Waals surface area contributed by atoms with Gasteiger partial charge in [0.1, 0.15) is 5.82 Å². The fraction of sp³-hybridized carbons (Fsp3) is 0.304. The summed E-state index contributed by atoms with van der Waals surface area (Å²) in [6, 6.07) is 8.84. The fourth-order valence-electron chi connectivity index (χ4n) is 4.07. The van der Waals surface area contributed by atoms with Crippen LogP contribution in [0.4, 0.5) is 15.8 Å². The number of nitrogens with zero attached hydrogens (tertiary/aromatic N) is 1.